The van der Waals surface area contributed by atoms with Crippen LogP contribution in [-0.4, -0.2) is 30.5 Å². The molecule has 0 amide bonds. The van der Waals surface area contributed by atoms with Crippen molar-refractivity contribution in [2.45, 2.75) is 25.4 Å². The molecule has 3 aromatic rings. The maximum absolute atomic E-state index is 12.3. The topological polar surface area (TPSA) is 54.1 Å². The van der Waals surface area contributed by atoms with Crippen LogP contribution in [0.15, 0.2) is 42.5 Å². The normalized spacial score (nSPS) is 20.3. The minimum atomic E-state index is 0.0556. The summed E-state index contributed by atoms with van der Waals surface area (Å²) in [5.74, 6) is 0.662. The lowest BCUT2D eigenvalue weighted by atomic mass is 9.90. The second-order valence-electron chi connectivity index (χ2n) is 7.29. The fourth-order valence-corrected chi connectivity index (χ4v) is 4.32. The second kappa shape index (κ2) is 6.38. The van der Waals surface area contributed by atoms with Gasteiger partial charge in [0.25, 0.3) is 0 Å². The van der Waals surface area contributed by atoms with E-state index in [4.69, 9.17) is 4.74 Å². The van der Waals surface area contributed by atoms with Crippen LogP contribution in [0.4, 0.5) is 0 Å². The summed E-state index contributed by atoms with van der Waals surface area (Å²) >= 11 is 0. The third kappa shape index (κ3) is 2.57. The Morgan fingerprint density at radius 3 is 2.73 bits per heavy atom. The molecule has 0 spiro atoms. The third-order valence-corrected chi connectivity index (χ3v) is 5.68. The number of hydrogen-bond acceptors (Lipinski definition) is 3. The maximum atomic E-state index is 12.3. The van der Waals surface area contributed by atoms with Gasteiger partial charge in [-0.15, -0.1) is 0 Å². The van der Waals surface area contributed by atoms with E-state index in [9.17, 15) is 4.79 Å². The number of ether oxygens (including phenoxy) is 1. The highest BCUT2D eigenvalue weighted by Crippen LogP contribution is 2.35. The molecule has 132 valence electrons. The summed E-state index contributed by atoms with van der Waals surface area (Å²) in [5.41, 5.74) is 6.47. The highest BCUT2D eigenvalue weighted by Gasteiger charge is 2.23. The smallest absolute Gasteiger partial charge is 0.189 e. The van der Waals surface area contributed by atoms with Crippen LogP contribution in [0, 0.1) is 0 Å². The minimum Gasteiger partial charge on any atom is -0.369 e. The quantitative estimate of drug-likeness (QED) is 0.737. The molecule has 4 heteroatoms. The fraction of sp³-hybridized carbons (Fsp3) is 0.318. The lowest BCUT2D eigenvalue weighted by Crippen LogP contribution is -2.28. The molecular formula is C22H22N2O2. The van der Waals surface area contributed by atoms with Gasteiger partial charge in [0.15, 0.2) is 5.78 Å². The summed E-state index contributed by atoms with van der Waals surface area (Å²) in [6.45, 7) is 2.82. The zero-order valence-corrected chi connectivity index (χ0v) is 14.7. The van der Waals surface area contributed by atoms with Gasteiger partial charge in [0, 0.05) is 28.6 Å². The van der Waals surface area contributed by atoms with Crippen LogP contribution in [0.3, 0.4) is 0 Å². The van der Waals surface area contributed by atoms with Crippen LogP contribution in [-0.2, 0) is 11.3 Å². The number of H-pyrrole nitrogens is 1. The first-order chi connectivity index (χ1) is 12.8. The molecule has 2 aliphatic heterocycles. The molecule has 2 N–H and O–H groups in total. The first-order valence-electron chi connectivity index (χ1n) is 9.37. The van der Waals surface area contributed by atoms with E-state index in [1.165, 1.54) is 18.4 Å². The lowest BCUT2D eigenvalue weighted by molar-refractivity contribution is 0.0742. The van der Waals surface area contributed by atoms with Gasteiger partial charge in [-0.05, 0) is 42.5 Å². The summed E-state index contributed by atoms with van der Waals surface area (Å²) in [7, 11) is 0. The largest absolute Gasteiger partial charge is 0.369 e. The maximum Gasteiger partial charge on any atom is 0.189 e. The van der Waals surface area contributed by atoms with Crippen molar-refractivity contribution in [3.8, 4) is 11.3 Å². The van der Waals surface area contributed by atoms with Crippen molar-refractivity contribution in [3.05, 3.63) is 59.2 Å². The number of rotatable bonds is 2. The van der Waals surface area contributed by atoms with Gasteiger partial charge in [-0.1, -0.05) is 36.4 Å². The molecule has 26 heavy (non-hydrogen) atoms. The first kappa shape index (κ1) is 15.8. The van der Waals surface area contributed by atoms with Gasteiger partial charge < -0.3 is 15.0 Å². The number of carbonyl (C=O) groups excluding carboxylic acids is 1. The summed E-state index contributed by atoms with van der Waals surface area (Å²) in [6.07, 6.45) is 2.50. The van der Waals surface area contributed by atoms with Crippen LogP contribution in [0.2, 0.25) is 0 Å². The Kier molecular flexibility index (Phi) is 3.88. The van der Waals surface area contributed by atoms with E-state index in [0.717, 1.165) is 46.4 Å². The molecule has 0 aliphatic carbocycles. The Morgan fingerprint density at radius 1 is 1.04 bits per heavy atom. The van der Waals surface area contributed by atoms with Crippen LogP contribution in [0.25, 0.3) is 22.2 Å². The SMILES string of the molecule is O=C1COCc2c(-c3ccc([C@H]4CCCNC4)cc3)[nH]c3cccc1c23. The van der Waals surface area contributed by atoms with Gasteiger partial charge in [-0.25, -0.2) is 0 Å². The number of ketones is 1. The van der Waals surface area contributed by atoms with Crippen LogP contribution >= 0.6 is 0 Å². The standard InChI is InChI=1S/C22H22N2O2/c25-20-13-26-12-18-21-17(20)4-1-5-19(21)24-22(18)15-8-6-14(7-9-15)16-3-2-10-23-11-16/h1,4-9,16,23-24H,2-3,10-13H2/t16-/m0/s1. The van der Waals surface area contributed by atoms with Crippen LogP contribution in [0.5, 0.6) is 0 Å². The van der Waals surface area contributed by atoms with Crippen molar-refractivity contribution < 1.29 is 9.53 Å². The number of aromatic nitrogens is 1. The average Bonchev–Trinajstić information content (AvgIpc) is 2.98. The zero-order valence-electron chi connectivity index (χ0n) is 14.7. The van der Waals surface area contributed by atoms with Gasteiger partial charge in [-0.3, -0.25) is 4.79 Å². The summed E-state index contributed by atoms with van der Waals surface area (Å²) in [6, 6.07) is 14.7. The fourth-order valence-electron chi connectivity index (χ4n) is 4.32. The van der Waals surface area contributed by atoms with Crippen molar-refractivity contribution in [3.63, 3.8) is 0 Å². The van der Waals surface area contributed by atoms with E-state index < -0.39 is 0 Å². The molecule has 1 aromatic heterocycles. The van der Waals surface area contributed by atoms with Crippen molar-refractivity contribution in [1.82, 2.24) is 10.3 Å². The van der Waals surface area contributed by atoms with Crippen LogP contribution in [0.1, 0.15) is 40.2 Å². The molecule has 0 bridgehead atoms. The zero-order chi connectivity index (χ0) is 17.5. The molecule has 0 unspecified atom stereocenters. The highest BCUT2D eigenvalue weighted by molar-refractivity contribution is 6.11. The molecule has 1 fully saturated rings. The predicted octanol–water partition coefficient (Wildman–Crippen LogP) is 4.01. The summed E-state index contributed by atoms with van der Waals surface area (Å²) in [4.78, 5) is 15.8. The lowest BCUT2D eigenvalue weighted by Gasteiger charge is -2.23. The first-order valence-corrected chi connectivity index (χ1v) is 9.37. The molecule has 3 heterocycles. The monoisotopic (exact) mass is 346 g/mol. The molecule has 0 saturated carbocycles. The Hall–Kier alpha value is -2.43. The van der Waals surface area contributed by atoms with Gasteiger partial charge in [0.05, 0.1) is 12.3 Å². The molecule has 2 aliphatic rings. The van der Waals surface area contributed by atoms with Crippen molar-refractivity contribution in [2.24, 2.45) is 0 Å². The number of piperidine rings is 1. The van der Waals surface area contributed by atoms with E-state index in [1.807, 2.05) is 18.2 Å². The number of benzene rings is 2. The van der Waals surface area contributed by atoms with E-state index in [1.54, 1.807) is 0 Å². The number of carbonyl (C=O) groups is 1. The molecule has 1 atom stereocenters. The van der Waals surface area contributed by atoms with Crippen molar-refractivity contribution >= 4 is 16.7 Å². The number of nitrogens with one attached hydrogen (secondary N) is 2. The second-order valence-corrected chi connectivity index (χ2v) is 7.29. The molecule has 5 rings (SSSR count). The Labute approximate surface area is 152 Å². The van der Waals surface area contributed by atoms with Gasteiger partial charge in [-0.2, -0.15) is 0 Å². The van der Waals surface area contributed by atoms with E-state index >= 15 is 0 Å². The van der Waals surface area contributed by atoms with Gasteiger partial charge in [0.1, 0.15) is 6.61 Å². The van der Waals surface area contributed by atoms with Gasteiger partial charge in [0.2, 0.25) is 0 Å². The molecule has 2 aromatic carbocycles. The number of Topliss-reactive ketones (excluding diaryl/α,β-unsaturated/α-hetero) is 1. The van der Waals surface area contributed by atoms with E-state index in [0.29, 0.717) is 12.5 Å². The van der Waals surface area contributed by atoms with E-state index in [-0.39, 0.29) is 12.4 Å². The number of aromatic amines is 1. The highest BCUT2D eigenvalue weighted by atomic mass is 16.5. The summed E-state index contributed by atoms with van der Waals surface area (Å²) < 4.78 is 5.64. The predicted molar refractivity (Wildman–Crippen MR) is 103 cm³/mol. The summed E-state index contributed by atoms with van der Waals surface area (Å²) in [5, 5.41) is 4.50. The minimum absolute atomic E-state index is 0.0556. The molecule has 0 radical (unpaired) electrons. The van der Waals surface area contributed by atoms with Crippen LogP contribution < -0.4 is 5.32 Å². The molecular weight excluding hydrogens is 324 g/mol. The number of hydrogen-bond donors (Lipinski definition) is 2. The Morgan fingerprint density at radius 2 is 1.92 bits per heavy atom. The van der Waals surface area contributed by atoms with Gasteiger partial charge >= 0.3 is 0 Å². The molecule has 4 nitrogen and oxygen atoms in total. The van der Waals surface area contributed by atoms with E-state index in [2.05, 4.69) is 34.6 Å². The third-order valence-electron chi connectivity index (χ3n) is 5.68. The van der Waals surface area contributed by atoms with Crippen molar-refractivity contribution in [2.75, 3.05) is 19.7 Å². The Balaban J connectivity index is 1.57. The average molecular weight is 346 g/mol. The Bertz CT molecular complexity index is 966. The van der Waals surface area contributed by atoms with Crippen molar-refractivity contribution in [1.29, 1.82) is 0 Å². The molecule has 1 saturated heterocycles.